The number of aliphatic hydroxyl groups is 1. The van der Waals surface area contributed by atoms with Gasteiger partial charge in [0.1, 0.15) is 5.75 Å². The first-order chi connectivity index (χ1) is 9.28. The number of benzene rings is 1. The molecule has 1 aliphatic heterocycles. The molecule has 0 radical (unpaired) electrons. The van der Waals surface area contributed by atoms with Gasteiger partial charge in [-0.25, -0.2) is 0 Å². The summed E-state index contributed by atoms with van der Waals surface area (Å²) in [6, 6.07) is 6.28. The Balaban J connectivity index is 1.80. The molecule has 19 heavy (non-hydrogen) atoms. The molecule has 2 unspecified atom stereocenters. The Kier molecular flexibility index (Phi) is 3.65. The number of rotatable bonds is 2. The lowest BCUT2D eigenvalue weighted by molar-refractivity contribution is 0.109. The van der Waals surface area contributed by atoms with E-state index in [9.17, 15) is 5.11 Å². The number of anilines is 1. The van der Waals surface area contributed by atoms with Gasteiger partial charge in [0.15, 0.2) is 0 Å². The first kappa shape index (κ1) is 12.8. The molecule has 1 aliphatic carbocycles. The zero-order chi connectivity index (χ0) is 13.2. The van der Waals surface area contributed by atoms with Crippen LogP contribution in [0.4, 0.5) is 5.69 Å². The average Bonchev–Trinajstić information content (AvgIpc) is 2.47. The van der Waals surface area contributed by atoms with Crippen LogP contribution in [0.2, 0.25) is 0 Å². The third-order valence-corrected chi connectivity index (χ3v) is 4.64. The molecule has 2 N–H and O–H groups in total. The molecule has 3 rings (SSSR count). The summed E-state index contributed by atoms with van der Waals surface area (Å²) in [5.41, 5.74) is 2.33. The molecule has 0 bridgehead atoms. The van der Waals surface area contributed by atoms with E-state index >= 15 is 0 Å². The lowest BCUT2D eigenvalue weighted by Crippen LogP contribution is -2.45. The van der Waals surface area contributed by atoms with Crippen LogP contribution in [0.25, 0.3) is 0 Å². The maximum absolute atomic E-state index is 10.4. The van der Waals surface area contributed by atoms with Crippen molar-refractivity contribution in [1.82, 2.24) is 0 Å². The summed E-state index contributed by atoms with van der Waals surface area (Å²) in [6.07, 6.45) is 6.95. The van der Waals surface area contributed by atoms with Crippen LogP contribution in [0.15, 0.2) is 18.2 Å². The lowest BCUT2D eigenvalue weighted by atomic mass is 9.79. The molecule has 0 spiro atoms. The normalized spacial score (nSPS) is 27.5. The van der Waals surface area contributed by atoms with Gasteiger partial charge in [0.25, 0.3) is 0 Å². The summed E-state index contributed by atoms with van der Waals surface area (Å²) in [7, 11) is 1.69. The number of hydrogen-bond donors (Lipinski definition) is 2. The maximum Gasteiger partial charge on any atom is 0.120 e. The molecule has 1 fully saturated rings. The van der Waals surface area contributed by atoms with Crippen molar-refractivity contribution < 1.29 is 9.84 Å². The van der Waals surface area contributed by atoms with Crippen LogP contribution >= 0.6 is 0 Å². The Labute approximate surface area is 115 Å². The van der Waals surface area contributed by atoms with Crippen LogP contribution in [0, 0.1) is 5.92 Å². The third-order valence-electron chi connectivity index (χ3n) is 4.64. The highest BCUT2D eigenvalue weighted by atomic mass is 16.5. The van der Waals surface area contributed by atoms with Gasteiger partial charge < -0.3 is 15.2 Å². The van der Waals surface area contributed by atoms with Crippen LogP contribution < -0.4 is 10.1 Å². The van der Waals surface area contributed by atoms with Crippen LogP contribution in [0.3, 0.4) is 0 Å². The van der Waals surface area contributed by atoms with Crippen molar-refractivity contribution in [3.05, 3.63) is 23.8 Å². The summed E-state index contributed by atoms with van der Waals surface area (Å²) in [5, 5.41) is 14.0. The van der Waals surface area contributed by atoms with E-state index in [0.717, 1.165) is 17.9 Å². The van der Waals surface area contributed by atoms with Gasteiger partial charge >= 0.3 is 0 Å². The summed E-state index contributed by atoms with van der Waals surface area (Å²) < 4.78 is 5.29. The molecule has 1 aromatic rings. The van der Waals surface area contributed by atoms with Crippen LogP contribution in [-0.4, -0.2) is 24.4 Å². The summed E-state index contributed by atoms with van der Waals surface area (Å²) in [4.78, 5) is 0. The van der Waals surface area contributed by atoms with Gasteiger partial charge in [-0.2, -0.15) is 0 Å². The first-order valence-corrected chi connectivity index (χ1v) is 7.39. The van der Waals surface area contributed by atoms with Crippen molar-refractivity contribution in [3.8, 4) is 5.75 Å². The van der Waals surface area contributed by atoms with Crippen molar-refractivity contribution >= 4 is 5.69 Å². The Bertz CT molecular complexity index is 440. The van der Waals surface area contributed by atoms with Crippen LogP contribution in [-0.2, 0) is 6.42 Å². The third kappa shape index (κ3) is 2.57. The fourth-order valence-corrected chi connectivity index (χ4v) is 3.55. The largest absolute Gasteiger partial charge is 0.497 e. The SMILES string of the molecule is COc1ccc2c(c1)NC(C1CCCCC1)C(O)C2. The summed E-state index contributed by atoms with van der Waals surface area (Å²) in [6.45, 7) is 0. The van der Waals surface area contributed by atoms with E-state index in [-0.39, 0.29) is 12.1 Å². The zero-order valence-corrected chi connectivity index (χ0v) is 11.6. The molecule has 2 atom stereocenters. The molecular formula is C16H23NO2. The number of ether oxygens (including phenoxy) is 1. The smallest absolute Gasteiger partial charge is 0.120 e. The number of methoxy groups -OCH3 is 1. The maximum atomic E-state index is 10.4. The molecule has 2 aliphatic rings. The van der Waals surface area contributed by atoms with E-state index in [0.29, 0.717) is 5.92 Å². The molecule has 1 saturated carbocycles. The second-order valence-corrected chi connectivity index (χ2v) is 5.86. The van der Waals surface area contributed by atoms with Gasteiger partial charge in [0.05, 0.1) is 19.3 Å². The summed E-state index contributed by atoms with van der Waals surface area (Å²) in [5.74, 6) is 1.49. The molecule has 0 amide bonds. The second kappa shape index (κ2) is 5.41. The van der Waals surface area contributed by atoms with Gasteiger partial charge in [-0.15, -0.1) is 0 Å². The monoisotopic (exact) mass is 261 g/mol. The highest BCUT2D eigenvalue weighted by molar-refractivity contribution is 5.58. The average molecular weight is 261 g/mol. The second-order valence-electron chi connectivity index (χ2n) is 5.86. The molecule has 3 nitrogen and oxygen atoms in total. The predicted molar refractivity (Wildman–Crippen MR) is 76.7 cm³/mol. The van der Waals surface area contributed by atoms with E-state index in [4.69, 9.17) is 4.74 Å². The molecule has 3 heteroatoms. The van der Waals surface area contributed by atoms with E-state index < -0.39 is 0 Å². The van der Waals surface area contributed by atoms with Gasteiger partial charge in [0, 0.05) is 18.2 Å². The van der Waals surface area contributed by atoms with Crippen LogP contribution in [0.1, 0.15) is 37.7 Å². The Morgan fingerprint density at radius 2 is 2.00 bits per heavy atom. The fourth-order valence-electron chi connectivity index (χ4n) is 3.55. The van der Waals surface area contributed by atoms with E-state index in [1.165, 1.54) is 37.7 Å². The topological polar surface area (TPSA) is 41.5 Å². The van der Waals surface area contributed by atoms with Gasteiger partial charge in [-0.1, -0.05) is 25.3 Å². The summed E-state index contributed by atoms with van der Waals surface area (Å²) >= 11 is 0. The van der Waals surface area contributed by atoms with E-state index in [1.54, 1.807) is 7.11 Å². The lowest BCUT2D eigenvalue weighted by Gasteiger charge is -2.38. The van der Waals surface area contributed by atoms with E-state index in [2.05, 4.69) is 17.4 Å². The minimum atomic E-state index is -0.260. The van der Waals surface area contributed by atoms with Crippen LogP contribution in [0.5, 0.6) is 5.75 Å². The Hall–Kier alpha value is -1.22. The highest BCUT2D eigenvalue weighted by Crippen LogP contribution is 2.35. The molecular weight excluding hydrogens is 238 g/mol. The molecule has 1 heterocycles. The number of nitrogens with one attached hydrogen (secondary N) is 1. The highest BCUT2D eigenvalue weighted by Gasteiger charge is 2.33. The zero-order valence-electron chi connectivity index (χ0n) is 11.6. The quantitative estimate of drug-likeness (QED) is 0.860. The number of fused-ring (bicyclic) bond motifs is 1. The minimum Gasteiger partial charge on any atom is -0.497 e. The van der Waals surface area contributed by atoms with Crippen molar-refractivity contribution in [3.63, 3.8) is 0 Å². The number of aliphatic hydroxyl groups excluding tert-OH is 1. The molecule has 0 aromatic heterocycles. The predicted octanol–water partition coefficient (Wildman–Crippen LogP) is 2.97. The fraction of sp³-hybridized carbons (Fsp3) is 0.625. The van der Waals surface area contributed by atoms with Gasteiger partial charge in [-0.05, 0) is 30.4 Å². The Morgan fingerprint density at radius 3 is 2.74 bits per heavy atom. The first-order valence-electron chi connectivity index (χ1n) is 7.39. The van der Waals surface area contributed by atoms with Crippen molar-refractivity contribution in [2.75, 3.05) is 12.4 Å². The van der Waals surface area contributed by atoms with Crippen molar-refractivity contribution in [2.45, 2.75) is 50.7 Å². The Morgan fingerprint density at radius 1 is 1.21 bits per heavy atom. The molecule has 0 saturated heterocycles. The van der Waals surface area contributed by atoms with E-state index in [1.807, 2.05) is 6.07 Å². The minimum absolute atomic E-state index is 0.208. The number of hydrogen-bond acceptors (Lipinski definition) is 3. The van der Waals surface area contributed by atoms with Gasteiger partial charge in [0.2, 0.25) is 0 Å². The molecule has 104 valence electrons. The molecule has 1 aromatic carbocycles. The van der Waals surface area contributed by atoms with Crippen molar-refractivity contribution in [2.24, 2.45) is 5.92 Å². The van der Waals surface area contributed by atoms with Crippen molar-refractivity contribution in [1.29, 1.82) is 0 Å². The van der Waals surface area contributed by atoms with Gasteiger partial charge in [-0.3, -0.25) is 0 Å². The standard InChI is InChI=1S/C16H23NO2/c1-19-13-8-7-12-9-15(18)16(17-14(12)10-13)11-5-3-2-4-6-11/h7-8,10-11,15-18H,2-6,9H2,1H3.